The number of allylic oxidation sites excluding steroid dienone is 2. The van der Waals surface area contributed by atoms with Crippen molar-refractivity contribution in [3.8, 4) is 0 Å². The van der Waals surface area contributed by atoms with Crippen molar-refractivity contribution in [2.45, 2.75) is 18.3 Å². The van der Waals surface area contributed by atoms with Crippen LogP contribution in [0.4, 0.5) is 13.2 Å². The van der Waals surface area contributed by atoms with E-state index in [2.05, 4.69) is 10.3 Å². The summed E-state index contributed by atoms with van der Waals surface area (Å²) >= 11 is 6.88. The number of nitrogens with zero attached hydrogens (tertiary/aromatic N) is 1. The highest BCUT2D eigenvalue weighted by molar-refractivity contribution is 7.15. The van der Waals surface area contributed by atoms with Crippen molar-refractivity contribution in [2.24, 2.45) is 11.5 Å². The summed E-state index contributed by atoms with van der Waals surface area (Å²) in [5, 5.41) is 2.50. The third-order valence-electron chi connectivity index (χ3n) is 2.62. The molecule has 1 atom stereocenters. The van der Waals surface area contributed by atoms with Crippen molar-refractivity contribution >= 4 is 22.9 Å². The lowest BCUT2D eigenvalue weighted by atomic mass is 9.97. The molecule has 0 aromatic carbocycles. The molecule has 1 unspecified atom stereocenters. The standard InChI is InChI=1S/C10H10ClF3N4S/c11-8-17-4-6(19-8)2-9(16)7(15)1-5(3-18-9)10(12,13)14/h1,3-4,18H,2,15-16H2. The molecule has 4 nitrogen and oxygen atoms in total. The number of nitrogens with two attached hydrogens (primary N) is 2. The van der Waals surface area contributed by atoms with Crippen molar-refractivity contribution < 1.29 is 13.2 Å². The first-order valence-electron chi connectivity index (χ1n) is 5.12. The zero-order valence-electron chi connectivity index (χ0n) is 9.46. The quantitative estimate of drug-likeness (QED) is 0.779. The van der Waals surface area contributed by atoms with E-state index in [0.717, 1.165) is 17.2 Å². The minimum atomic E-state index is -4.47. The smallest absolute Gasteiger partial charge is 0.399 e. The summed E-state index contributed by atoms with van der Waals surface area (Å²) in [4.78, 5) is 4.56. The Bertz CT molecular complexity index is 551. The maximum absolute atomic E-state index is 12.5. The minimum Gasteiger partial charge on any atom is -0.399 e. The van der Waals surface area contributed by atoms with E-state index in [4.69, 9.17) is 23.1 Å². The topological polar surface area (TPSA) is 77.0 Å². The van der Waals surface area contributed by atoms with Gasteiger partial charge in [-0.3, -0.25) is 0 Å². The van der Waals surface area contributed by atoms with E-state index < -0.39 is 17.4 Å². The average Bonchev–Trinajstić information content (AvgIpc) is 2.66. The van der Waals surface area contributed by atoms with Crippen LogP contribution >= 0.6 is 22.9 Å². The minimum absolute atomic E-state index is 0.0909. The fourth-order valence-corrected chi connectivity index (χ4v) is 2.66. The molecule has 1 aliphatic rings. The number of hydrogen-bond acceptors (Lipinski definition) is 5. The van der Waals surface area contributed by atoms with Gasteiger partial charge in [0, 0.05) is 29.4 Å². The Labute approximate surface area is 115 Å². The monoisotopic (exact) mass is 310 g/mol. The molecule has 9 heteroatoms. The van der Waals surface area contributed by atoms with Gasteiger partial charge in [-0.2, -0.15) is 13.2 Å². The predicted molar refractivity (Wildman–Crippen MR) is 67.3 cm³/mol. The second-order valence-corrected chi connectivity index (χ2v) is 5.77. The van der Waals surface area contributed by atoms with Crippen LogP contribution < -0.4 is 16.8 Å². The van der Waals surface area contributed by atoms with Crippen LogP contribution in [0.3, 0.4) is 0 Å². The Morgan fingerprint density at radius 2 is 2.16 bits per heavy atom. The van der Waals surface area contributed by atoms with Gasteiger partial charge in [-0.05, 0) is 6.08 Å². The normalized spacial score (nSPS) is 23.6. The highest BCUT2D eigenvalue weighted by Gasteiger charge is 2.38. The number of aromatic nitrogens is 1. The molecule has 2 heterocycles. The molecular formula is C10H10ClF3N4S. The molecule has 1 aliphatic heterocycles. The number of thiazole rings is 1. The van der Waals surface area contributed by atoms with Crippen LogP contribution in [-0.2, 0) is 6.42 Å². The largest absolute Gasteiger partial charge is 0.417 e. The molecule has 0 saturated heterocycles. The molecule has 0 aliphatic carbocycles. The Hall–Kier alpha value is -1.25. The molecule has 2 rings (SSSR count). The molecule has 5 N–H and O–H groups in total. The molecule has 0 amide bonds. The van der Waals surface area contributed by atoms with Gasteiger partial charge in [-0.15, -0.1) is 11.3 Å². The second-order valence-electron chi connectivity index (χ2n) is 4.07. The van der Waals surface area contributed by atoms with Crippen LogP contribution in [0.5, 0.6) is 0 Å². The van der Waals surface area contributed by atoms with E-state index in [-0.39, 0.29) is 12.1 Å². The van der Waals surface area contributed by atoms with E-state index in [1.165, 1.54) is 17.5 Å². The molecule has 0 radical (unpaired) electrons. The molecule has 0 spiro atoms. The van der Waals surface area contributed by atoms with Crippen molar-refractivity contribution in [2.75, 3.05) is 0 Å². The second kappa shape index (κ2) is 4.69. The highest BCUT2D eigenvalue weighted by atomic mass is 35.5. The van der Waals surface area contributed by atoms with Crippen LogP contribution in [0.1, 0.15) is 4.88 Å². The molecule has 0 bridgehead atoms. The third kappa shape index (κ3) is 3.02. The van der Waals surface area contributed by atoms with E-state index in [0.29, 0.717) is 4.47 Å². The Kier molecular flexibility index (Phi) is 3.50. The zero-order chi connectivity index (χ0) is 14.3. The molecule has 1 aromatic rings. The number of halogens is 4. The summed E-state index contributed by atoms with van der Waals surface area (Å²) in [5.74, 6) is 0. The van der Waals surface area contributed by atoms with Gasteiger partial charge in [0.2, 0.25) is 0 Å². The highest BCUT2D eigenvalue weighted by Crippen LogP contribution is 2.31. The fraction of sp³-hybridized carbons (Fsp3) is 0.300. The van der Waals surface area contributed by atoms with E-state index in [1.807, 2.05) is 0 Å². The number of rotatable bonds is 2. The summed E-state index contributed by atoms with van der Waals surface area (Å²) in [6.07, 6.45) is -1.11. The van der Waals surface area contributed by atoms with Gasteiger partial charge in [-0.25, -0.2) is 4.98 Å². The predicted octanol–water partition coefficient (Wildman–Crippen LogP) is 1.89. The van der Waals surface area contributed by atoms with Crippen LogP contribution in [-0.4, -0.2) is 16.8 Å². The van der Waals surface area contributed by atoms with Crippen LogP contribution in [0.25, 0.3) is 0 Å². The molecule has 0 saturated carbocycles. The number of dihydropyridines is 1. The lowest BCUT2D eigenvalue weighted by molar-refractivity contribution is -0.0891. The van der Waals surface area contributed by atoms with Crippen molar-refractivity contribution in [1.82, 2.24) is 10.3 Å². The first kappa shape index (κ1) is 14.2. The van der Waals surface area contributed by atoms with Crippen molar-refractivity contribution in [3.05, 3.63) is 39.1 Å². The number of hydrogen-bond donors (Lipinski definition) is 3. The lowest BCUT2D eigenvalue weighted by Gasteiger charge is -2.33. The van der Waals surface area contributed by atoms with E-state index >= 15 is 0 Å². The molecule has 104 valence electrons. The molecule has 19 heavy (non-hydrogen) atoms. The van der Waals surface area contributed by atoms with E-state index in [9.17, 15) is 13.2 Å². The third-order valence-corrected chi connectivity index (χ3v) is 3.73. The van der Waals surface area contributed by atoms with Gasteiger partial charge in [0.25, 0.3) is 0 Å². The molecule has 0 fully saturated rings. The van der Waals surface area contributed by atoms with Crippen molar-refractivity contribution in [1.29, 1.82) is 0 Å². The summed E-state index contributed by atoms with van der Waals surface area (Å²) in [7, 11) is 0. The van der Waals surface area contributed by atoms with Crippen LogP contribution in [0.15, 0.2) is 29.7 Å². The summed E-state index contributed by atoms with van der Waals surface area (Å²) in [6, 6.07) is 0. The Morgan fingerprint density at radius 1 is 1.47 bits per heavy atom. The Balaban J connectivity index is 2.20. The summed E-state index contributed by atoms with van der Waals surface area (Å²) in [6.45, 7) is 0. The lowest BCUT2D eigenvalue weighted by Crippen LogP contribution is -2.58. The van der Waals surface area contributed by atoms with E-state index in [1.54, 1.807) is 0 Å². The summed E-state index contributed by atoms with van der Waals surface area (Å²) in [5.41, 5.74) is 9.38. The van der Waals surface area contributed by atoms with Gasteiger partial charge >= 0.3 is 6.18 Å². The maximum atomic E-state index is 12.5. The van der Waals surface area contributed by atoms with Crippen LogP contribution in [0.2, 0.25) is 4.47 Å². The molecule has 1 aromatic heterocycles. The fourth-order valence-electron chi connectivity index (χ4n) is 1.58. The van der Waals surface area contributed by atoms with Gasteiger partial charge in [0.1, 0.15) is 5.66 Å². The SMILES string of the molecule is NC1=CC(C(F)(F)F)=CNC1(N)Cc1cnc(Cl)s1. The Morgan fingerprint density at radius 3 is 2.63 bits per heavy atom. The first-order chi connectivity index (χ1) is 8.71. The van der Waals surface area contributed by atoms with Crippen LogP contribution in [0, 0.1) is 0 Å². The first-order valence-corrected chi connectivity index (χ1v) is 6.32. The number of nitrogens with one attached hydrogen (secondary N) is 1. The van der Waals surface area contributed by atoms with Gasteiger partial charge in [0.15, 0.2) is 4.47 Å². The van der Waals surface area contributed by atoms with Gasteiger partial charge in [-0.1, -0.05) is 11.6 Å². The number of alkyl halides is 3. The molecular weight excluding hydrogens is 301 g/mol. The maximum Gasteiger partial charge on any atom is 0.417 e. The summed E-state index contributed by atoms with van der Waals surface area (Å²) < 4.78 is 37.9. The van der Waals surface area contributed by atoms with Crippen molar-refractivity contribution in [3.63, 3.8) is 0 Å². The zero-order valence-corrected chi connectivity index (χ0v) is 11.0. The van der Waals surface area contributed by atoms with Gasteiger partial charge in [0.05, 0.1) is 5.57 Å². The van der Waals surface area contributed by atoms with Gasteiger partial charge < -0.3 is 16.8 Å². The average molecular weight is 311 g/mol.